The summed E-state index contributed by atoms with van der Waals surface area (Å²) in [5.74, 6) is -0.133. The Morgan fingerprint density at radius 3 is 2.65 bits per heavy atom. The molecular weight excluding hydrogens is 420 g/mol. The van der Waals surface area contributed by atoms with E-state index in [1.54, 1.807) is 18.2 Å². The average molecular weight is 437 g/mol. The van der Waals surface area contributed by atoms with Crippen LogP contribution < -0.4 is 4.90 Å². The first-order valence-electron chi connectivity index (χ1n) is 9.64. The number of amides is 2. The maximum Gasteiger partial charge on any atom is 0.263 e. The Labute approximate surface area is 182 Å². The third kappa shape index (κ3) is 3.17. The van der Waals surface area contributed by atoms with Crippen LogP contribution in [0.1, 0.15) is 17.0 Å². The Morgan fingerprint density at radius 2 is 1.87 bits per heavy atom. The van der Waals surface area contributed by atoms with E-state index in [4.69, 9.17) is 16.1 Å². The summed E-state index contributed by atoms with van der Waals surface area (Å²) >= 11 is 6.18. The molecule has 0 unspecified atom stereocenters. The van der Waals surface area contributed by atoms with Crippen molar-refractivity contribution in [2.45, 2.75) is 32.5 Å². The van der Waals surface area contributed by atoms with Crippen LogP contribution in [-0.4, -0.2) is 39.0 Å². The topological polar surface area (TPSA) is 104 Å². The van der Waals surface area contributed by atoms with Crippen LogP contribution in [0.5, 0.6) is 0 Å². The summed E-state index contributed by atoms with van der Waals surface area (Å²) in [6, 6.07) is 11.0. The number of nitrogens with zero attached hydrogens (tertiary/aromatic N) is 6. The first-order chi connectivity index (χ1) is 14.9. The van der Waals surface area contributed by atoms with Crippen LogP contribution in [0.15, 0.2) is 57.3 Å². The second kappa shape index (κ2) is 7.28. The van der Waals surface area contributed by atoms with Crippen molar-refractivity contribution in [2.24, 2.45) is 10.3 Å². The smallest absolute Gasteiger partial charge is 0.263 e. The fraction of sp³-hybridized carbons (Fsp3) is 0.238. The standard InChI is InChI=1S/C21H17ClN6O3/c1-11-5-3-4-6-14(11)19-23-16(31-25-19)10-27-18-17(24-26-27)20(29)28(21(18)30)13-8-7-12(2)15(22)9-13/h3-9,17-18H,10H2,1-2H3/t17-,18-/m1/s1. The molecule has 0 aliphatic carbocycles. The predicted octanol–water partition coefficient (Wildman–Crippen LogP) is 3.50. The summed E-state index contributed by atoms with van der Waals surface area (Å²) in [6.45, 7) is 3.87. The number of halogens is 1. The zero-order valence-electron chi connectivity index (χ0n) is 16.7. The molecule has 5 rings (SSSR count). The summed E-state index contributed by atoms with van der Waals surface area (Å²) in [5, 5.41) is 13.9. The lowest BCUT2D eigenvalue weighted by Gasteiger charge is -2.19. The fourth-order valence-corrected chi connectivity index (χ4v) is 3.89. The summed E-state index contributed by atoms with van der Waals surface area (Å²) < 4.78 is 5.36. The molecule has 1 fully saturated rings. The van der Waals surface area contributed by atoms with Crippen molar-refractivity contribution in [3.8, 4) is 11.4 Å². The number of anilines is 1. The number of benzene rings is 2. The minimum atomic E-state index is -0.911. The van der Waals surface area contributed by atoms with Gasteiger partial charge in [-0.25, -0.2) is 4.90 Å². The van der Waals surface area contributed by atoms with E-state index in [0.29, 0.717) is 16.5 Å². The van der Waals surface area contributed by atoms with E-state index >= 15 is 0 Å². The van der Waals surface area contributed by atoms with Crippen molar-refractivity contribution < 1.29 is 14.1 Å². The first kappa shape index (κ1) is 19.4. The molecule has 0 spiro atoms. The molecule has 10 heteroatoms. The number of rotatable bonds is 4. The van der Waals surface area contributed by atoms with Crippen LogP contribution in [0.3, 0.4) is 0 Å². The van der Waals surface area contributed by atoms with Crippen LogP contribution >= 0.6 is 11.6 Å². The molecule has 2 atom stereocenters. The highest BCUT2D eigenvalue weighted by Crippen LogP contribution is 2.34. The molecule has 9 nitrogen and oxygen atoms in total. The Hall–Kier alpha value is -3.59. The number of fused-ring (bicyclic) bond motifs is 1. The maximum atomic E-state index is 13.1. The predicted molar refractivity (Wildman–Crippen MR) is 111 cm³/mol. The van der Waals surface area contributed by atoms with Gasteiger partial charge >= 0.3 is 0 Å². The molecule has 0 radical (unpaired) electrons. The third-order valence-electron chi connectivity index (χ3n) is 5.42. The first-order valence-corrected chi connectivity index (χ1v) is 10.0. The van der Waals surface area contributed by atoms with E-state index in [0.717, 1.165) is 21.6 Å². The second-order valence-electron chi connectivity index (χ2n) is 7.46. The van der Waals surface area contributed by atoms with Crippen LogP contribution in [-0.2, 0) is 16.1 Å². The molecule has 2 aromatic carbocycles. The van der Waals surface area contributed by atoms with Crippen LogP contribution in [0.2, 0.25) is 5.02 Å². The van der Waals surface area contributed by atoms with Gasteiger partial charge in [-0.1, -0.05) is 52.3 Å². The van der Waals surface area contributed by atoms with Crippen LogP contribution in [0, 0.1) is 13.8 Å². The highest BCUT2D eigenvalue weighted by molar-refractivity contribution is 6.32. The average Bonchev–Trinajstić information content (AvgIpc) is 3.43. The van der Waals surface area contributed by atoms with Gasteiger partial charge in [0.1, 0.15) is 6.54 Å². The van der Waals surface area contributed by atoms with Crippen molar-refractivity contribution in [1.82, 2.24) is 15.1 Å². The highest BCUT2D eigenvalue weighted by Gasteiger charge is 2.55. The van der Waals surface area contributed by atoms with Crippen molar-refractivity contribution in [3.63, 3.8) is 0 Å². The molecule has 3 aromatic rings. The van der Waals surface area contributed by atoms with Crippen molar-refractivity contribution >= 4 is 29.1 Å². The Morgan fingerprint density at radius 1 is 1.06 bits per heavy atom. The molecule has 2 amide bonds. The molecule has 0 N–H and O–H groups in total. The number of imide groups is 1. The number of carbonyl (C=O) groups excluding carboxylic acids is 2. The number of aryl methyl sites for hydroxylation is 2. The molecule has 2 aliphatic rings. The summed E-state index contributed by atoms with van der Waals surface area (Å²) in [4.78, 5) is 31.5. The van der Waals surface area contributed by atoms with Gasteiger partial charge in [-0.15, -0.1) is 0 Å². The molecule has 3 heterocycles. The lowest BCUT2D eigenvalue weighted by molar-refractivity contribution is -0.123. The Bertz CT molecular complexity index is 1240. The van der Waals surface area contributed by atoms with Gasteiger partial charge in [0.25, 0.3) is 11.8 Å². The SMILES string of the molecule is Cc1ccc(N2C(=O)[C@@H]3N=NN(Cc4nc(-c5ccccc5C)no4)[C@H]3C2=O)cc1Cl. The maximum absolute atomic E-state index is 13.1. The summed E-state index contributed by atoms with van der Waals surface area (Å²) in [5.41, 5.74) is 3.13. The summed E-state index contributed by atoms with van der Waals surface area (Å²) in [6.07, 6.45) is 0. The van der Waals surface area contributed by atoms with Crippen LogP contribution in [0.25, 0.3) is 11.4 Å². The van der Waals surface area contributed by atoms with E-state index in [9.17, 15) is 9.59 Å². The Kier molecular flexibility index (Phi) is 4.55. The van der Waals surface area contributed by atoms with Gasteiger partial charge in [-0.05, 0) is 37.1 Å². The molecule has 31 heavy (non-hydrogen) atoms. The Balaban J connectivity index is 1.38. The molecule has 1 aromatic heterocycles. The minimum Gasteiger partial charge on any atom is -0.337 e. The van der Waals surface area contributed by atoms with Gasteiger partial charge in [-0.3, -0.25) is 14.6 Å². The van der Waals surface area contributed by atoms with Crippen LogP contribution in [0.4, 0.5) is 5.69 Å². The monoisotopic (exact) mass is 436 g/mol. The normalized spacial score (nSPS) is 20.1. The van der Waals surface area contributed by atoms with E-state index in [1.807, 2.05) is 38.1 Å². The molecular formula is C21H17ClN6O3. The van der Waals surface area contributed by atoms with Gasteiger partial charge in [0.2, 0.25) is 11.7 Å². The molecule has 0 bridgehead atoms. The zero-order chi connectivity index (χ0) is 21.7. The van der Waals surface area contributed by atoms with E-state index in [1.165, 1.54) is 5.01 Å². The number of hydrogen-bond acceptors (Lipinski definition) is 8. The third-order valence-corrected chi connectivity index (χ3v) is 5.83. The van der Waals surface area contributed by atoms with Gasteiger partial charge in [0.05, 0.1) is 5.69 Å². The molecule has 0 saturated carbocycles. The van der Waals surface area contributed by atoms with Crippen molar-refractivity contribution in [3.05, 3.63) is 64.5 Å². The summed E-state index contributed by atoms with van der Waals surface area (Å²) in [7, 11) is 0. The van der Waals surface area contributed by atoms with E-state index in [2.05, 4.69) is 20.5 Å². The van der Waals surface area contributed by atoms with Gasteiger partial charge in [0.15, 0.2) is 12.1 Å². The van der Waals surface area contributed by atoms with Crippen molar-refractivity contribution in [2.75, 3.05) is 4.90 Å². The quantitative estimate of drug-likeness (QED) is 0.580. The fourth-order valence-electron chi connectivity index (χ4n) is 3.72. The second-order valence-corrected chi connectivity index (χ2v) is 7.87. The largest absolute Gasteiger partial charge is 0.337 e. The van der Waals surface area contributed by atoms with Gasteiger partial charge in [-0.2, -0.15) is 10.1 Å². The molecule has 2 aliphatic heterocycles. The van der Waals surface area contributed by atoms with Gasteiger partial charge in [0, 0.05) is 10.6 Å². The van der Waals surface area contributed by atoms with Gasteiger partial charge < -0.3 is 4.52 Å². The zero-order valence-corrected chi connectivity index (χ0v) is 17.4. The lowest BCUT2D eigenvalue weighted by atomic mass is 10.1. The number of hydrogen-bond donors (Lipinski definition) is 0. The molecule has 1 saturated heterocycles. The number of carbonyl (C=O) groups is 2. The molecule has 156 valence electrons. The highest BCUT2D eigenvalue weighted by atomic mass is 35.5. The minimum absolute atomic E-state index is 0.0606. The number of aromatic nitrogens is 2. The van der Waals surface area contributed by atoms with Crippen molar-refractivity contribution in [1.29, 1.82) is 0 Å². The lowest BCUT2D eigenvalue weighted by Crippen LogP contribution is -2.39. The van der Waals surface area contributed by atoms with E-state index in [-0.39, 0.29) is 12.4 Å². The van der Waals surface area contributed by atoms with E-state index < -0.39 is 23.9 Å².